The smallest absolute Gasteiger partial charge is 0.146 e. The predicted octanol–water partition coefficient (Wildman–Crippen LogP) is 2.22. The molecule has 2 heterocycles. The molecular formula is C15H21N5. The van der Waals surface area contributed by atoms with E-state index in [2.05, 4.69) is 34.0 Å². The van der Waals surface area contributed by atoms with Gasteiger partial charge in [-0.2, -0.15) is 5.10 Å². The first-order valence-electron chi connectivity index (χ1n) is 7.28. The third-order valence-electron chi connectivity index (χ3n) is 3.79. The highest BCUT2D eigenvalue weighted by molar-refractivity contribution is 5.62. The number of rotatable bonds is 4. The van der Waals surface area contributed by atoms with Gasteiger partial charge in [-0.1, -0.05) is 13.0 Å². The zero-order valence-corrected chi connectivity index (χ0v) is 11.9. The highest BCUT2D eigenvalue weighted by Crippen LogP contribution is 2.30. The van der Waals surface area contributed by atoms with E-state index in [-0.39, 0.29) is 0 Å². The topological polar surface area (TPSA) is 60.0 Å². The van der Waals surface area contributed by atoms with Crippen LogP contribution >= 0.6 is 0 Å². The molecule has 0 saturated heterocycles. The average Bonchev–Trinajstić information content (AvgIpc) is 2.87. The number of anilines is 2. The van der Waals surface area contributed by atoms with Gasteiger partial charge in [0.25, 0.3) is 0 Å². The number of nitrogens with two attached hydrogens (primary N) is 1. The summed E-state index contributed by atoms with van der Waals surface area (Å²) in [6.45, 7) is 4.93. The number of nitrogens with zero attached hydrogens (tertiary/aromatic N) is 4. The van der Waals surface area contributed by atoms with E-state index in [0.717, 1.165) is 44.0 Å². The molecule has 0 radical (unpaired) electrons. The summed E-state index contributed by atoms with van der Waals surface area (Å²) in [5.74, 6) is 1.03. The van der Waals surface area contributed by atoms with Crippen LogP contribution in [0.1, 0.15) is 31.2 Å². The van der Waals surface area contributed by atoms with Crippen LogP contribution in [-0.4, -0.2) is 21.3 Å². The first-order chi connectivity index (χ1) is 9.78. The zero-order valence-electron chi connectivity index (χ0n) is 11.9. The van der Waals surface area contributed by atoms with Crippen LogP contribution in [0.15, 0.2) is 24.5 Å². The van der Waals surface area contributed by atoms with Crippen LogP contribution in [0.3, 0.4) is 0 Å². The van der Waals surface area contributed by atoms with Gasteiger partial charge < -0.3 is 10.6 Å². The molecule has 0 unspecified atom stereocenters. The molecule has 2 aromatic rings. The van der Waals surface area contributed by atoms with Crippen molar-refractivity contribution in [1.29, 1.82) is 0 Å². The average molecular weight is 271 g/mol. The molecule has 1 aliphatic heterocycles. The first kappa shape index (κ1) is 13.0. The number of fused-ring (bicyclic) bond motifs is 1. The van der Waals surface area contributed by atoms with Crippen molar-refractivity contribution in [2.45, 2.75) is 39.3 Å². The SMILES string of the molecule is CCCn1ncnc1CN1CCCc2ccc(N)cc21. The van der Waals surface area contributed by atoms with Crippen LogP contribution in [0.2, 0.25) is 0 Å². The summed E-state index contributed by atoms with van der Waals surface area (Å²) in [5, 5.41) is 4.30. The highest BCUT2D eigenvalue weighted by Gasteiger charge is 2.19. The van der Waals surface area contributed by atoms with Gasteiger partial charge in [-0.15, -0.1) is 0 Å². The third kappa shape index (κ3) is 2.48. The van der Waals surface area contributed by atoms with Gasteiger partial charge in [0.05, 0.1) is 6.54 Å². The number of aromatic nitrogens is 3. The highest BCUT2D eigenvalue weighted by atomic mass is 15.3. The molecule has 0 aliphatic carbocycles. The molecule has 0 fully saturated rings. The maximum Gasteiger partial charge on any atom is 0.146 e. The minimum absolute atomic E-state index is 0.802. The molecule has 0 saturated carbocycles. The normalized spacial score (nSPS) is 14.3. The lowest BCUT2D eigenvalue weighted by atomic mass is 10.0. The van der Waals surface area contributed by atoms with Gasteiger partial charge >= 0.3 is 0 Å². The van der Waals surface area contributed by atoms with E-state index in [4.69, 9.17) is 5.73 Å². The summed E-state index contributed by atoms with van der Waals surface area (Å²) in [7, 11) is 0. The summed E-state index contributed by atoms with van der Waals surface area (Å²) < 4.78 is 2.00. The van der Waals surface area contributed by atoms with Crippen LogP contribution in [0.5, 0.6) is 0 Å². The standard InChI is InChI=1S/C15H21N5/c1-2-7-20-15(17-11-18-20)10-19-8-3-4-12-5-6-13(16)9-14(12)19/h5-6,9,11H,2-4,7-8,10,16H2,1H3. The van der Waals surface area contributed by atoms with Crippen molar-refractivity contribution in [3.05, 3.63) is 35.9 Å². The van der Waals surface area contributed by atoms with Gasteiger partial charge in [0.15, 0.2) is 0 Å². The Hall–Kier alpha value is -2.04. The van der Waals surface area contributed by atoms with Crippen LogP contribution in [0.4, 0.5) is 11.4 Å². The number of hydrogen-bond donors (Lipinski definition) is 1. The van der Waals surface area contributed by atoms with Gasteiger partial charge in [0.1, 0.15) is 12.2 Å². The second-order valence-electron chi connectivity index (χ2n) is 5.31. The minimum atomic E-state index is 0.802. The minimum Gasteiger partial charge on any atom is -0.399 e. The molecule has 0 bridgehead atoms. The van der Waals surface area contributed by atoms with Crippen LogP contribution in [-0.2, 0) is 19.5 Å². The fraction of sp³-hybridized carbons (Fsp3) is 0.467. The van der Waals surface area contributed by atoms with Crippen molar-refractivity contribution in [2.24, 2.45) is 0 Å². The van der Waals surface area contributed by atoms with Crippen LogP contribution in [0.25, 0.3) is 0 Å². The lowest BCUT2D eigenvalue weighted by Crippen LogP contribution is -2.30. The summed E-state index contributed by atoms with van der Waals surface area (Å²) in [6, 6.07) is 6.21. The van der Waals surface area contributed by atoms with Crippen molar-refractivity contribution in [3.63, 3.8) is 0 Å². The third-order valence-corrected chi connectivity index (χ3v) is 3.79. The van der Waals surface area contributed by atoms with Crippen molar-refractivity contribution in [3.8, 4) is 0 Å². The van der Waals surface area contributed by atoms with E-state index in [1.165, 1.54) is 17.7 Å². The van der Waals surface area contributed by atoms with Gasteiger partial charge in [-0.25, -0.2) is 9.67 Å². The molecule has 20 heavy (non-hydrogen) atoms. The van der Waals surface area contributed by atoms with E-state index < -0.39 is 0 Å². The monoisotopic (exact) mass is 271 g/mol. The number of benzene rings is 1. The quantitative estimate of drug-likeness (QED) is 0.866. The van der Waals surface area contributed by atoms with E-state index in [1.54, 1.807) is 6.33 Å². The Balaban J connectivity index is 1.85. The maximum atomic E-state index is 5.94. The Kier molecular flexibility index (Phi) is 3.58. The second kappa shape index (κ2) is 5.53. The predicted molar refractivity (Wildman–Crippen MR) is 80.5 cm³/mol. The lowest BCUT2D eigenvalue weighted by Gasteiger charge is -2.31. The van der Waals surface area contributed by atoms with E-state index in [0.29, 0.717) is 0 Å². The summed E-state index contributed by atoms with van der Waals surface area (Å²) in [6.07, 6.45) is 5.03. The number of aryl methyl sites for hydroxylation is 2. The zero-order chi connectivity index (χ0) is 13.9. The molecule has 0 amide bonds. The van der Waals surface area contributed by atoms with Crippen molar-refractivity contribution in [2.75, 3.05) is 17.2 Å². The molecule has 0 atom stereocenters. The Bertz CT molecular complexity index is 590. The number of hydrogen-bond acceptors (Lipinski definition) is 4. The van der Waals surface area contributed by atoms with E-state index >= 15 is 0 Å². The molecule has 0 spiro atoms. The molecule has 5 heteroatoms. The largest absolute Gasteiger partial charge is 0.399 e. The number of nitrogen functional groups attached to an aromatic ring is 1. The fourth-order valence-corrected chi connectivity index (χ4v) is 2.81. The molecule has 1 aromatic heterocycles. The van der Waals surface area contributed by atoms with E-state index in [1.807, 2.05) is 10.7 Å². The van der Waals surface area contributed by atoms with Crippen molar-refractivity contribution >= 4 is 11.4 Å². The van der Waals surface area contributed by atoms with Crippen LogP contribution < -0.4 is 10.6 Å². The Labute approximate surface area is 119 Å². The van der Waals surface area contributed by atoms with Gasteiger partial charge in [-0.3, -0.25) is 0 Å². The Morgan fingerprint density at radius 1 is 1.35 bits per heavy atom. The maximum absolute atomic E-state index is 5.94. The summed E-state index contributed by atoms with van der Waals surface area (Å²) >= 11 is 0. The fourth-order valence-electron chi connectivity index (χ4n) is 2.81. The molecule has 2 N–H and O–H groups in total. The molecular weight excluding hydrogens is 250 g/mol. The molecule has 106 valence electrons. The van der Waals surface area contributed by atoms with E-state index in [9.17, 15) is 0 Å². The lowest BCUT2D eigenvalue weighted by molar-refractivity contribution is 0.555. The Morgan fingerprint density at radius 3 is 3.10 bits per heavy atom. The van der Waals surface area contributed by atoms with Gasteiger partial charge in [0.2, 0.25) is 0 Å². The Morgan fingerprint density at radius 2 is 2.25 bits per heavy atom. The summed E-state index contributed by atoms with van der Waals surface area (Å²) in [4.78, 5) is 6.77. The van der Waals surface area contributed by atoms with Gasteiger partial charge in [0, 0.05) is 24.5 Å². The molecule has 5 nitrogen and oxygen atoms in total. The van der Waals surface area contributed by atoms with Crippen molar-refractivity contribution < 1.29 is 0 Å². The molecule has 1 aliphatic rings. The first-order valence-corrected chi connectivity index (χ1v) is 7.28. The molecule has 1 aromatic carbocycles. The second-order valence-corrected chi connectivity index (χ2v) is 5.31. The van der Waals surface area contributed by atoms with Crippen LogP contribution in [0, 0.1) is 0 Å². The van der Waals surface area contributed by atoms with Gasteiger partial charge in [-0.05, 0) is 37.0 Å². The molecule has 3 rings (SSSR count). The van der Waals surface area contributed by atoms with Crippen molar-refractivity contribution in [1.82, 2.24) is 14.8 Å². The summed E-state index contributed by atoms with van der Waals surface area (Å²) in [5.41, 5.74) is 9.39.